The summed E-state index contributed by atoms with van der Waals surface area (Å²) in [5.41, 5.74) is -0.746. The largest absolute Gasteiger partial charge is 0.484 e. The van der Waals surface area contributed by atoms with Crippen molar-refractivity contribution < 1.29 is 27.5 Å². The van der Waals surface area contributed by atoms with Gasteiger partial charge in [-0.1, -0.05) is 24.3 Å². The molecule has 6 nitrogen and oxygen atoms in total. The molecule has 0 spiro atoms. The summed E-state index contributed by atoms with van der Waals surface area (Å²) in [4.78, 5) is 26.0. The maximum absolute atomic E-state index is 12.8. The lowest BCUT2D eigenvalue weighted by molar-refractivity contribution is -0.137. The monoisotopic (exact) mass is 435 g/mol. The van der Waals surface area contributed by atoms with Gasteiger partial charge in [0.15, 0.2) is 6.61 Å². The molecule has 2 aromatic rings. The van der Waals surface area contributed by atoms with Crippen LogP contribution in [0.3, 0.4) is 0 Å². The zero-order chi connectivity index (χ0) is 22.3. The fourth-order valence-corrected chi connectivity index (χ4v) is 3.33. The van der Waals surface area contributed by atoms with Crippen molar-refractivity contribution >= 4 is 17.6 Å². The summed E-state index contributed by atoms with van der Waals surface area (Å²) in [5, 5.41) is 5.11. The number of carbonyl (C=O) groups excluding carboxylic acids is 2. The number of urea groups is 1. The number of piperidine rings is 1. The number of halogens is 3. The van der Waals surface area contributed by atoms with Crippen molar-refractivity contribution in [3.63, 3.8) is 0 Å². The van der Waals surface area contributed by atoms with E-state index >= 15 is 0 Å². The summed E-state index contributed by atoms with van der Waals surface area (Å²) in [7, 11) is 0. The second-order valence-corrected chi connectivity index (χ2v) is 7.34. The number of hydrogen-bond donors (Lipinski definition) is 2. The molecule has 1 aliphatic rings. The number of nitrogens with one attached hydrogen (secondary N) is 2. The Hall–Kier alpha value is -3.23. The predicted octanol–water partition coefficient (Wildman–Crippen LogP) is 4.14. The molecular formula is C22H24F3N3O3. The third-order valence-corrected chi connectivity index (χ3v) is 5.07. The average Bonchev–Trinajstić information content (AvgIpc) is 2.77. The molecule has 3 amide bonds. The number of benzene rings is 2. The normalized spacial score (nSPS) is 14.7. The van der Waals surface area contributed by atoms with Gasteiger partial charge in [0.2, 0.25) is 0 Å². The van der Waals surface area contributed by atoms with Gasteiger partial charge in [-0.3, -0.25) is 4.79 Å². The number of rotatable bonds is 6. The van der Waals surface area contributed by atoms with Crippen molar-refractivity contribution in [3.05, 3.63) is 60.2 Å². The van der Waals surface area contributed by atoms with Crippen molar-refractivity contribution in [2.75, 3.05) is 31.6 Å². The van der Waals surface area contributed by atoms with Gasteiger partial charge in [-0.15, -0.1) is 0 Å². The van der Waals surface area contributed by atoms with Crippen molar-refractivity contribution in [2.45, 2.75) is 19.0 Å². The first kappa shape index (κ1) is 22.5. The van der Waals surface area contributed by atoms with Gasteiger partial charge in [-0.25, -0.2) is 4.79 Å². The Morgan fingerprint density at radius 1 is 1.03 bits per heavy atom. The minimum atomic E-state index is -4.47. The lowest BCUT2D eigenvalue weighted by atomic mass is 9.97. The second kappa shape index (κ2) is 10.2. The quantitative estimate of drug-likeness (QED) is 0.716. The van der Waals surface area contributed by atoms with Crippen molar-refractivity contribution in [1.82, 2.24) is 10.2 Å². The number of likely N-dealkylation sites (tertiary alicyclic amines) is 1. The van der Waals surface area contributed by atoms with Crippen LogP contribution < -0.4 is 15.4 Å². The first-order chi connectivity index (χ1) is 14.8. The Kier molecular flexibility index (Phi) is 7.38. The Bertz CT molecular complexity index is 882. The van der Waals surface area contributed by atoms with Crippen LogP contribution in [-0.4, -0.2) is 43.1 Å². The molecule has 1 aliphatic heterocycles. The second-order valence-electron chi connectivity index (χ2n) is 7.34. The maximum atomic E-state index is 12.8. The van der Waals surface area contributed by atoms with Gasteiger partial charge in [-0.05, 0) is 49.1 Å². The molecule has 0 atom stereocenters. The minimum absolute atomic E-state index is 0.0215. The van der Waals surface area contributed by atoms with E-state index in [1.807, 2.05) is 18.2 Å². The topological polar surface area (TPSA) is 70.7 Å². The standard InChI is InChI=1S/C22H24F3N3O3/c23-22(24,25)17-5-4-6-18(13-17)27-21(30)26-14-16-9-11-28(12-10-16)20(29)15-31-19-7-2-1-3-8-19/h1-8,13,16H,9-12,14-15H2,(H2,26,27,30). The lowest BCUT2D eigenvalue weighted by Gasteiger charge is -2.32. The van der Waals surface area contributed by atoms with E-state index in [0.717, 1.165) is 25.0 Å². The van der Waals surface area contributed by atoms with Gasteiger partial charge >= 0.3 is 12.2 Å². The SMILES string of the molecule is O=C(NCC1CCN(C(=O)COc2ccccc2)CC1)Nc1cccc(C(F)(F)F)c1. The Labute approximate surface area is 178 Å². The number of ether oxygens (including phenoxy) is 1. The van der Waals surface area contributed by atoms with Gasteiger partial charge in [0.05, 0.1) is 5.56 Å². The van der Waals surface area contributed by atoms with E-state index in [4.69, 9.17) is 4.74 Å². The number of amides is 3. The maximum Gasteiger partial charge on any atom is 0.416 e. The third-order valence-electron chi connectivity index (χ3n) is 5.07. The predicted molar refractivity (Wildman–Crippen MR) is 110 cm³/mol. The number of carbonyl (C=O) groups is 2. The zero-order valence-electron chi connectivity index (χ0n) is 16.8. The molecule has 1 fully saturated rings. The smallest absolute Gasteiger partial charge is 0.416 e. The summed E-state index contributed by atoms with van der Waals surface area (Å²) < 4.78 is 43.8. The van der Waals surface area contributed by atoms with Gasteiger partial charge in [0.1, 0.15) is 5.75 Å². The van der Waals surface area contributed by atoms with Crippen LogP contribution in [0.15, 0.2) is 54.6 Å². The van der Waals surface area contributed by atoms with Crippen molar-refractivity contribution in [2.24, 2.45) is 5.92 Å². The highest BCUT2D eigenvalue weighted by atomic mass is 19.4. The molecule has 1 saturated heterocycles. The van der Waals surface area contributed by atoms with E-state index in [-0.39, 0.29) is 24.1 Å². The fourth-order valence-electron chi connectivity index (χ4n) is 3.33. The van der Waals surface area contributed by atoms with Crippen LogP contribution in [0.2, 0.25) is 0 Å². The summed E-state index contributed by atoms with van der Waals surface area (Å²) in [6.07, 6.45) is -3.02. The first-order valence-electron chi connectivity index (χ1n) is 9.99. The molecule has 0 aromatic heterocycles. The Morgan fingerprint density at radius 2 is 1.74 bits per heavy atom. The molecule has 0 unspecified atom stereocenters. The van der Waals surface area contributed by atoms with E-state index < -0.39 is 17.8 Å². The van der Waals surface area contributed by atoms with E-state index in [1.165, 1.54) is 12.1 Å². The summed E-state index contributed by atoms with van der Waals surface area (Å²) in [6, 6.07) is 13.0. The highest BCUT2D eigenvalue weighted by Gasteiger charge is 2.30. The van der Waals surface area contributed by atoms with Crippen molar-refractivity contribution in [1.29, 1.82) is 0 Å². The van der Waals surface area contributed by atoms with Gasteiger partial charge < -0.3 is 20.3 Å². The Morgan fingerprint density at radius 3 is 2.42 bits per heavy atom. The van der Waals surface area contributed by atoms with Crippen LogP contribution in [0.1, 0.15) is 18.4 Å². The van der Waals surface area contributed by atoms with Gasteiger partial charge in [0, 0.05) is 25.3 Å². The third kappa shape index (κ3) is 6.91. The van der Waals surface area contributed by atoms with Crippen LogP contribution in [0.25, 0.3) is 0 Å². The van der Waals surface area contributed by atoms with E-state index in [2.05, 4.69) is 10.6 Å². The lowest BCUT2D eigenvalue weighted by Crippen LogP contribution is -2.43. The zero-order valence-corrected chi connectivity index (χ0v) is 16.8. The molecule has 31 heavy (non-hydrogen) atoms. The molecule has 0 bridgehead atoms. The average molecular weight is 435 g/mol. The molecule has 3 rings (SSSR count). The molecule has 9 heteroatoms. The summed E-state index contributed by atoms with van der Waals surface area (Å²) >= 11 is 0. The number of hydrogen-bond acceptors (Lipinski definition) is 3. The number of nitrogens with zero attached hydrogens (tertiary/aromatic N) is 1. The summed E-state index contributed by atoms with van der Waals surface area (Å²) in [5.74, 6) is 0.741. The van der Waals surface area contributed by atoms with E-state index in [1.54, 1.807) is 17.0 Å². The van der Waals surface area contributed by atoms with Gasteiger partial charge in [-0.2, -0.15) is 13.2 Å². The number of para-hydroxylation sites is 1. The van der Waals surface area contributed by atoms with E-state index in [0.29, 0.717) is 25.4 Å². The van der Waals surface area contributed by atoms with Crippen molar-refractivity contribution in [3.8, 4) is 5.75 Å². The molecule has 0 radical (unpaired) electrons. The number of anilines is 1. The fraction of sp³-hybridized carbons (Fsp3) is 0.364. The van der Waals surface area contributed by atoms with Crippen LogP contribution in [0.5, 0.6) is 5.75 Å². The molecule has 1 heterocycles. The molecular weight excluding hydrogens is 411 g/mol. The van der Waals surface area contributed by atoms with Crippen LogP contribution >= 0.6 is 0 Å². The van der Waals surface area contributed by atoms with Crippen LogP contribution in [-0.2, 0) is 11.0 Å². The molecule has 166 valence electrons. The highest BCUT2D eigenvalue weighted by molar-refractivity contribution is 5.89. The molecule has 2 N–H and O–H groups in total. The van der Waals surface area contributed by atoms with Gasteiger partial charge in [0.25, 0.3) is 5.91 Å². The minimum Gasteiger partial charge on any atom is -0.484 e. The molecule has 0 aliphatic carbocycles. The first-order valence-corrected chi connectivity index (χ1v) is 9.99. The van der Waals surface area contributed by atoms with Crippen LogP contribution in [0, 0.1) is 5.92 Å². The van der Waals surface area contributed by atoms with E-state index in [9.17, 15) is 22.8 Å². The molecule has 0 saturated carbocycles. The van der Waals surface area contributed by atoms with Crippen LogP contribution in [0.4, 0.5) is 23.7 Å². The Balaban J connectivity index is 1.37. The summed E-state index contributed by atoms with van der Waals surface area (Å²) in [6.45, 7) is 1.50. The number of alkyl halides is 3. The molecule has 2 aromatic carbocycles. The highest BCUT2D eigenvalue weighted by Crippen LogP contribution is 2.30.